The zero-order valence-corrected chi connectivity index (χ0v) is 15.8. The molecular formula is C18H20ClN3O2S. The molecule has 5 nitrogen and oxygen atoms in total. The number of nitrogens with zero attached hydrogens (tertiary/aromatic N) is 3. The molecule has 1 aliphatic rings. The number of carbonyl (C=O) groups excluding carboxylic acids is 2. The summed E-state index contributed by atoms with van der Waals surface area (Å²) in [6, 6.07) is 7.20. The van der Waals surface area contributed by atoms with E-state index < -0.39 is 0 Å². The van der Waals surface area contributed by atoms with Crippen LogP contribution in [0.5, 0.6) is 0 Å². The molecule has 0 aliphatic carbocycles. The maximum Gasteiger partial charge on any atom is 0.246 e. The molecule has 1 atom stereocenters. The van der Waals surface area contributed by atoms with Crippen molar-refractivity contribution >= 4 is 40.4 Å². The molecule has 1 aliphatic heterocycles. The Kier molecular flexibility index (Phi) is 5.39. The van der Waals surface area contributed by atoms with E-state index in [1.54, 1.807) is 38.8 Å². The second-order valence-corrected chi connectivity index (χ2v) is 7.59. The Balaban J connectivity index is 1.64. The first-order valence-electron chi connectivity index (χ1n) is 8.20. The van der Waals surface area contributed by atoms with Gasteiger partial charge in [0.1, 0.15) is 6.54 Å². The van der Waals surface area contributed by atoms with Gasteiger partial charge in [0, 0.05) is 34.6 Å². The van der Waals surface area contributed by atoms with Crippen molar-refractivity contribution < 1.29 is 9.59 Å². The molecule has 7 heteroatoms. The van der Waals surface area contributed by atoms with Crippen molar-refractivity contribution in [3.8, 4) is 0 Å². The maximum atomic E-state index is 12.6. The Morgan fingerprint density at radius 3 is 2.92 bits per heavy atom. The number of aryl methyl sites for hydroxylation is 2. The molecule has 0 spiro atoms. The predicted molar refractivity (Wildman–Crippen MR) is 100 cm³/mol. The minimum Gasteiger partial charge on any atom is -0.329 e. The molecule has 1 aromatic heterocycles. The zero-order chi connectivity index (χ0) is 18.0. The van der Waals surface area contributed by atoms with Crippen LogP contribution in [-0.4, -0.2) is 40.8 Å². The number of hydrogen-bond donors (Lipinski definition) is 0. The summed E-state index contributed by atoms with van der Waals surface area (Å²) in [5.41, 5.74) is 3.55. The standard InChI is InChI=1S/C18H20ClN3O2S/c1-12-9-22(15-5-3-4-14(19)8-15)18(24)10-21(12)17(23)7-6-16-13(2)20-11-25-16/h3-5,8,11-12H,6-7,9-10H2,1-2H3. The van der Waals surface area contributed by atoms with Gasteiger partial charge in [0.2, 0.25) is 11.8 Å². The van der Waals surface area contributed by atoms with E-state index in [-0.39, 0.29) is 24.4 Å². The van der Waals surface area contributed by atoms with Crippen LogP contribution in [0.1, 0.15) is 23.9 Å². The lowest BCUT2D eigenvalue weighted by atomic mass is 10.1. The summed E-state index contributed by atoms with van der Waals surface area (Å²) in [7, 11) is 0. The van der Waals surface area contributed by atoms with E-state index in [1.807, 2.05) is 26.0 Å². The molecule has 1 fully saturated rings. The number of thiazole rings is 1. The van der Waals surface area contributed by atoms with Crippen molar-refractivity contribution in [1.29, 1.82) is 0 Å². The third-order valence-corrected chi connectivity index (χ3v) is 5.67. The second-order valence-electron chi connectivity index (χ2n) is 6.22. The monoisotopic (exact) mass is 377 g/mol. The van der Waals surface area contributed by atoms with Crippen LogP contribution in [0, 0.1) is 6.92 Å². The van der Waals surface area contributed by atoms with Gasteiger partial charge < -0.3 is 9.80 Å². The lowest BCUT2D eigenvalue weighted by molar-refractivity contribution is -0.139. The molecule has 0 bridgehead atoms. The van der Waals surface area contributed by atoms with Crippen LogP contribution in [0.2, 0.25) is 5.02 Å². The Bertz CT molecular complexity index is 792. The smallest absolute Gasteiger partial charge is 0.246 e. The lowest BCUT2D eigenvalue weighted by Crippen LogP contribution is -2.57. The highest BCUT2D eigenvalue weighted by Crippen LogP contribution is 2.24. The van der Waals surface area contributed by atoms with E-state index in [0.717, 1.165) is 16.3 Å². The van der Waals surface area contributed by atoms with E-state index in [4.69, 9.17) is 11.6 Å². The molecular weight excluding hydrogens is 358 g/mol. The summed E-state index contributed by atoms with van der Waals surface area (Å²) < 4.78 is 0. The largest absolute Gasteiger partial charge is 0.329 e. The number of piperazine rings is 1. The van der Waals surface area contributed by atoms with Crippen LogP contribution >= 0.6 is 22.9 Å². The lowest BCUT2D eigenvalue weighted by Gasteiger charge is -2.39. The molecule has 0 N–H and O–H groups in total. The molecule has 2 heterocycles. The Hall–Kier alpha value is -1.92. The number of anilines is 1. The molecule has 0 saturated carbocycles. The highest BCUT2D eigenvalue weighted by molar-refractivity contribution is 7.09. The molecule has 0 radical (unpaired) electrons. The summed E-state index contributed by atoms with van der Waals surface area (Å²) in [5, 5.41) is 0.594. The first kappa shape index (κ1) is 17.9. The van der Waals surface area contributed by atoms with Crippen LogP contribution in [0.3, 0.4) is 0 Å². The number of aromatic nitrogens is 1. The zero-order valence-electron chi connectivity index (χ0n) is 14.2. The minimum absolute atomic E-state index is 0.0133. The summed E-state index contributed by atoms with van der Waals surface area (Å²) in [4.78, 5) is 33.8. The van der Waals surface area contributed by atoms with Crippen LogP contribution in [0.4, 0.5) is 5.69 Å². The molecule has 25 heavy (non-hydrogen) atoms. The van der Waals surface area contributed by atoms with E-state index >= 15 is 0 Å². The van der Waals surface area contributed by atoms with Crippen molar-refractivity contribution in [3.63, 3.8) is 0 Å². The van der Waals surface area contributed by atoms with Gasteiger partial charge in [0.05, 0.1) is 11.2 Å². The second kappa shape index (κ2) is 7.54. The fourth-order valence-corrected chi connectivity index (χ4v) is 3.97. The van der Waals surface area contributed by atoms with Crippen molar-refractivity contribution in [3.05, 3.63) is 45.4 Å². The third-order valence-electron chi connectivity index (χ3n) is 4.44. The summed E-state index contributed by atoms with van der Waals surface area (Å²) in [6.45, 7) is 4.50. The Morgan fingerprint density at radius 1 is 1.44 bits per heavy atom. The average Bonchev–Trinajstić information content (AvgIpc) is 2.99. The van der Waals surface area contributed by atoms with Crippen molar-refractivity contribution in [1.82, 2.24) is 9.88 Å². The normalized spacial score (nSPS) is 17.9. The molecule has 2 amide bonds. The summed E-state index contributed by atoms with van der Waals surface area (Å²) >= 11 is 7.59. The molecule has 1 unspecified atom stereocenters. The topological polar surface area (TPSA) is 53.5 Å². The quantitative estimate of drug-likeness (QED) is 0.821. The molecule has 1 aromatic carbocycles. The molecule has 132 valence electrons. The van der Waals surface area contributed by atoms with Crippen LogP contribution in [0.25, 0.3) is 0 Å². The molecule has 3 rings (SSSR count). The van der Waals surface area contributed by atoms with Gasteiger partial charge in [-0.2, -0.15) is 0 Å². The number of hydrogen-bond acceptors (Lipinski definition) is 4. The fraction of sp³-hybridized carbons (Fsp3) is 0.389. The Labute approximate surface area is 156 Å². The highest BCUT2D eigenvalue weighted by Gasteiger charge is 2.33. The van der Waals surface area contributed by atoms with Crippen molar-refractivity contribution in [2.45, 2.75) is 32.7 Å². The highest BCUT2D eigenvalue weighted by atomic mass is 35.5. The van der Waals surface area contributed by atoms with Gasteiger partial charge in [-0.05, 0) is 38.5 Å². The van der Waals surface area contributed by atoms with E-state index in [2.05, 4.69) is 4.98 Å². The average molecular weight is 378 g/mol. The van der Waals surface area contributed by atoms with E-state index in [1.165, 1.54) is 0 Å². The number of halogens is 1. The van der Waals surface area contributed by atoms with E-state index in [9.17, 15) is 9.59 Å². The van der Waals surface area contributed by atoms with Crippen LogP contribution in [0.15, 0.2) is 29.8 Å². The summed E-state index contributed by atoms with van der Waals surface area (Å²) in [5.74, 6) is -0.0675. The van der Waals surface area contributed by atoms with Gasteiger partial charge in [-0.1, -0.05) is 17.7 Å². The molecule has 2 aromatic rings. The first-order chi connectivity index (χ1) is 12.0. The Morgan fingerprint density at radius 2 is 2.24 bits per heavy atom. The van der Waals surface area contributed by atoms with Crippen molar-refractivity contribution in [2.75, 3.05) is 18.0 Å². The number of rotatable bonds is 4. The van der Waals surface area contributed by atoms with Crippen LogP contribution in [-0.2, 0) is 16.0 Å². The van der Waals surface area contributed by atoms with Gasteiger partial charge >= 0.3 is 0 Å². The van der Waals surface area contributed by atoms with Gasteiger partial charge in [0.25, 0.3) is 0 Å². The fourth-order valence-electron chi connectivity index (χ4n) is 3.01. The minimum atomic E-state index is -0.0808. The van der Waals surface area contributed by atoms with Crippen LogP contribution < -0.4 is 4.90 Å². The third kappa shape index (κ3) is 4.02. The number of amides is 2. The first-order valence-corrected chi connectivity index (χ1v) is 9.46. The van der Waals surface area contributed by atoms with Gasteiger partial charge in [-0.3, -0.25) is 9.59 Å². The van der Waals surface area contributed by atoms with E-state index in [0.29, 0.717) is 24.4 Å². The SMILES string of the molecule is Cc1ncsc1CCC(=O)N1CC(=O)N(c2cccc(Cl)c2)CC1C. The van der Waals surface area contributed by atoms with Gasteiger partial charge in [-0.15, -0.1) is 11.3 Å². The maximum absolute atomic E-state index is 12.6. The molecule has 1 saturated heterocycles. The van der Waals surface area contributed by atoms with Crippen molar-refractivity contribution in [2.24, 2.45) is 0 Å². The van der Waals surface area contributed by atoms with Gasteiger partial charge in [0.15, 0.2) is 0 Å². The predicted octanol–water partition coefficient (Wildman–Crippen LogP) is 3.30. The number of carbonyl (C=O) groups is 2. The van der Waals surface area contributed by atoms with Gasteiger partial charge in [-0.25, -0.2) is 4.98 Å². The summed E-state index contributed by atoms with van der Waals surface area (Å²) in [6.07, 6.45) is 1.07. The number of benzene rings is 1.